The van der Waals surface area contributed by atoms with Crippen LogP contribution in [0.1, 0.15) is 57.8 Å². The molecule has 23 heavy (non-hydrogen) atoms. The zero-order chi connectivity index (χ0) is 15.3. The lowest BCUT2D eigenvalue weighted by Gasteiger charge is -2.59. The van der Waals surface area contributed by atoms with Crippen LogP contribution in [0.5, 0.6) is 0 Å². The third kappa shape index (κ3) is 1.90. The lowest BCUT2D eigenvalue weighted by atomic mass is 9.52. The SMILES string of the molecule is O=C1N(C2C3CC4CC2CC(O)(C4)C3)CC(C2CC2)N1C1CC1. The van der Waals surface area contributed by atoms with Crippen molar-refractivity contribution in [2.24, 2.45) is 23.7 Å². The van der Waals surface area contributed by atoms with Crippen LogP contribution in [0, 0.1) is 23.7 Å². The van der Waals surface area contributed by atoms with E-state index in [-0.39, 0.29) is 5.60 Å². The van der Waals surface area contributed by atoms with Gasteiger partial charge in [0.05, 0.1) is 11.6 Å². The molecule has 1 heterocycles. The molecule has 3 unspecified atom stereocenters. The molecule has 1 N–H and O–H groups in total. The molecule has 7 aliphatic rings. The minimum absolute atomic E-state index is 0.355. The Kier molecular flexibility index (Phi) is 2.50. The standard InChI is InChI=1S/C19H28N2O2/c22-18-20(10-16(12-1-2-12)21(18)15-3-4-15)17-13-5-11-6-14(17)9-19(23,7-11)8-13/h11-17,23H,1-10H2. The van der Waals surface area contributed by atoms with Gasteiger partial charge in [0.15, 0.2) is 0 Å². The summed E-state index contributed by atoms with van der Waals surface area (Å²) in [5, 5.41) is 10.8. The van der Waals surface area contributed by atoms with E-state index in [4.69, 9.17) is 0 Å². The van der Waals surface area contributed by atoms with Crippen molar-refractivity contribution in [1.29, 1.82) is 0 Å². The van der Waals surface area contributed by atoms with Gasteiger partial charge in [-0.05, 0) is 81.5 Å². The molecule has 0 aromatic carbocycles. The fraction of sp³-hybridized carbons (Fsp3) is 0.947. The summed E-state index contributed by atoms with van der Waals surface area (Å²) in [5.41, 5.74) is -0.387. The lowest BCUT2D eigenvalue weighted by Crippen LogP contribution is -2.62. The number of urea groups is 1. The van der Waals surface area contributed by atoms with E-state index in [9.17, 15) is 9.90 Å². The normalized spacial score (nSPS) is 51.9. The van der Waals surface area contributed by atoms with Crippen molar-refractivity contribution in [2.75, 3.05) is 6.54 Å². The topological polar surface area (TPSA) is 43.8 Å². The molecule has 126 valence electrons. The molecule has 6 aliphatic carbocycles. The highest BCUT2D eigenvalue weighted by Gasteiger charge is 2.60. The van der Waals surface area contributed by atoms with Gasteiger partial charge in [0.25, 0.3) is 0 Å². The average molecular weight is 316 g/mol. The Bertz CT molecular complexity index is 540. The first-order valence-corrected chi connectivity index (χ1v) is 9.93. The van der Waals surface area contributed by atoms with E-state index in [1.807, 2.05) is 0 Å². The third-order valence-electron chi connectivity index (χ3n) is 7.87. The van der Waals surface area contributed by atoms with Crippen LogP contribution in [0.25, 0.3) is 0 Å². The maximum atomic E-state index is 13.2. The van der Waals surface area contributed by atoms with E-state index in [1.54, 1.807) is 0 Å². The fourth-order valence-corrected chi connectivity index (χ4v) is 7.01. The number of nitrogens with zero attached hydrogens (tertiary/aromatic N) is 2. The van der Waals surface area contributed by atoms with E-state index in [0.717, 1.165) is 37.6 Å². The zero-order valence-electron chi connectivity index (χ0n) is 13.9. The van der Waals surface area contributed by atoms with Crippen molar-refractivity contribution in [2.45, 2.75) is 81.5 Å². The minimum Gasteiger partial charge on any atom is -0.390 e. The summed E-state index contributed by atoms with van der Waals surface area (Å²) in [6.45, 7) is 0.987. The van der Waals surface area contributed by atoms with Gasteiger partial charge in [0.1, 0.15) is 0 Å². The first-order valence-electron chi connectivity index (χ1n) is 9.93. The number of hydrogen-bond acceptors (Lipinski definition) is 2. The molecule has 7 fully saturated rings. The summed E-state index contributed by atoms with van der Waals surface area (Å²) in [6, 6.07) is 1.85. The third-order valence-corrected chi connectivity index (χ3v) is 7.87. The van der Waals surface area contributed by atoms with Gasteiger partial charge >= 0.3 is 6.03 Å². The molecule has 4 nitrogen and oxygen atoms in total. The van der Waals surface area contributed by atoms with E-state index in [0.29, 0.717) is 36.0 Å². The van der Waals surface area contributed by atoms with E-state index in [1.165, 1.54) is 38.5 Å². The molecule has 6 saturated carbocycles. The molecule has 3 atom stereocenters. The Labute approximate surface area is 138 Å². The van der Waals surface area contributed by atoms with Crippen LogP contribution < -0.4 is 0 Å². The van der Waals surface area contributed by atoms with Crippen molar-refractivity contribution in [3.05, 3.63) is 0 Å². The number of carbonyl (C=O) groups is 1. The smallest absolute Gasteiger partial charge is 0.320 e. The molecular weight excluding hydrogens is 288 g/mol. The second kappa shape index (κ2) is 4.25. The molecule has 0 aromatic rings. The quantitative estimate of drug-likeness (QED) is 0.870. The van der Waals surface area contributed by atoms with Crippen molar-refractivity contribution in [3.8, 4) is 0 Å². The number of rotatable bonds is 3. The zero-order valence-corrected chi connectivity index (χ0v) is 13.9. The van der Waals surface area contributed by atoms with E-state index < -0.39 is 0 Å². The number of carbonyl (C=O) groups excluding carboxylic acids is 1. The minimum atomic E-state index is -0.387. The molecule has 2 amide bonds. The Morgan fingerprint density at radius 3 is 2.22 bits per heavy atom. The summed E-state index contributed by atoms with van der Waals surface area (Å²) < 4.78 is 0. The molecule has 0 radical (unpaired) electrons. The van der Waals surface area contributed by atoms with Gasteiger partial charge in [-0.1, -0.05) is 0 Å². The molecule has 7 rings (SSSR count). The first kappa shape index (κ1) is 13.5. The summed E-state index contributed by atoms with van der Waals surface area (Å²) in [7, 11) is 0. The van der Waals surface area contributed by atoms with Crippen molar-refractivity contribution < 1.29 is 9.90 Å². The van der Waals surface area contributed by atoms with Gasteiger partial charge < -0.3 is 14.9 Å². The predicted molar refractivity (Wildman–Crippen MR) is 85.8 cm³/mol. The monoisotopic (exact) mass is 316 g/mol. The van der Waals surface area contributed by atoms with Crippen LogP contribution >= 0.6 is 0 Å². The van der Waals surface area contributed by atoms with E-state index >= 15 is 0 Å². The van der Waals surface area contributed by atoms with Crippen molar-refractivity contribution in [1.82, 2.24) is 9.80 Å². The maximum Gasteiger partial charge on any atom is 0.320 e. The predicted octanol–water partition coefficient (Wildman–Crippen LogP) is 2.60. The molecule has 1 saturated heterocycles. The number of amides is 2. The van der Waals surface area contributed by atoms with Crippen LogP contribution in [-0.4, -0.2) is 51.2 Å². The summed E-state index contributed by atoms with van der Waals surface area (Å²) in [5.74, 6) is 2.64. The lowest BCUT2D eigenvalue weighted by molar-refractivity contribution is -0.152. The van der Waals surface area contributed by atoms with E-state index in [2.05, 4.69) is 9.80 Å². The Hall–Kier alpha value is -0.770. The van der Waals surface area contributed by atoms with Crippen LogP contribution in [0.4, 0.5) is 4.79 Å². The summed E-state index contributed by atoms with van der Waals surface area (Å²) >= 11 is 0. The highest BCUT2D eigenvalue weighted by molar-refractivity contribution is 5.78. The Morgan fingerprint density at radius 1 is 0.957 bits per heavy atom. The molecular formula is C19H28N2O2. The van der Waals surface area contributed by atoms with Gasteiger partial charge in [-0.3, -0.25) is 0 Å². The average Bonchev–Trinajstić information content (AvgIpc) is 3.37. The van der Waals surface area contributed by atoms with Crippen molar-refractivity contribution >= 4 is 6.03 Å². The molecule has 1 aliphatic heterocycles. The first-order chi connectivity index (χ1) is 11.1. The van der Waals surface area contributed by atoms with Gasteiger partial charge in [-0.2, -0.15) is 0 Å². The molecule has 0 aromatic heterocycles. The van der Waals surface area contributed by atoms with Crippen LogP contribution in [-0.2, 0) is 0 Å². The number of hydrogen-bond donors (Lipinski definition) is 1. The van der Waals surface area contributed by atoms with Gasteiger partial charge in [0, 0.05) is 18.6 Å². The largest absolute Gasteiger partial charge is 0.390 e. The van der Waals surface area contributed by atoms with Gasteiger partial charge in [-0.15, -0.1) is 0 Å². The van der Waals surface area contributed by atoms with Crippen LogP contribution in [0.3, 0.4) is 0 Å². The Balaban J connectivity index is 1.30. The molecule has 4 bridgehead atoms. The number of aliphatic hydroxyl groups is 1. The maximum absolute atomic E-state index is 13.2. The Morgan fingerprint density at radius 2 is 1.65 bits per heavy atom. The van der Waals surface area contributed by atoms with Gasteiger partial charge in [-0.25, -0.2) is 4.79 Å². The van der Waals surface area contributed by atoms with Gasteiger partial charge in [0.2, 0.25) is 0 Å². The second-order valence-corrected chi connectivity index (χ2v) is 9.66. The molecule has 4 heteroatoms. The second-order valence-electron chi connectivity index (χ2n) is 9.66. The highest BCUT2D eigenvalue weighted by Crippen LogP contribution is 2.58. The highest BCUT2D eigenvalue weighted by atomic mass is 16.3. The summed E-state index contributed by atoms with van der Waals surface area (Å²) in [4.78, 5) is 17.8. The van der Waals surface area contributed by atoms with Crippen LogP contribution in [0.2, 0.25) is 0 Å². The fourth-order valence-electron chi connectivity index (χ4n) is 7.01. The summed E-state index contributed by atoms with van der Waals surface area (Å²) in [6.07, 6.45) is 10.5. The molecule has 0 spiro atoms. The van der Waals surface area contributed by atoms with Crippen molar-refractivity contribution in [3.63, 3.8) is 0 Å². The van der Waals surface area contributed by atoms with Crippen LogP contribution in [0.15, 0.2) is 0 Å².